The maximum Gasteiger partial charge on any atom is 0.305 e. The van der Waals surface area contributed by atoms with E-state index in [1.165, 1.54) is 0 Å². The molecule has 0 fully saturated rings. The molecule has 1 aromatic rings. The van der Waals surface area contributed by atoms with E-state index in [2.05, 4.69) is 20.6 Å². The normalized spacial score (nSPS) is 17.4. The molecule has 7 heteroatoms. The number of imidazole rings is 1. The lowest BCUT2D eigenvalue weighted by Crippen LogP contribution is -2.47. The summed E-state index contributed by atoms with van der Waals surface area (Å²) in [6, 6.07) is -0.256. The number of rotatable bonds is 6. The van der Waals surface area contributed by atoms with E-state index in [9.17, 15) is 9.59 Å². The number of aromatic amines is 1. The summed E-state index contributed by atoms with van der Waals surface area (Å²) in [6.07, 6.45) is 3.15. The Morgan fingerprint density at radius 1 is 1.55 bits per heavy atom. The van der Waals surface area contributed by atoms with Crippen LogP contribution in [-0.4, -0.2) is 41.0 Å². The first kappa shape index (κ1) is 14.5. The second kappa shape index (κ2) is 7.04. The van der Waals surface area contributed by atoms with Gasteiger partial charge in [0.25, 0.3) is 0 Å². The second-order valence-corrected chi connectivity index (χ2v) is 4.66. The van der Waals surface area contributed by atoms with Crippen LogP contribution in [0.15, 0.2) is 6.33 Å². The first-order valence-corrected chi connectivity index (χ1v) is 6.88. The van der Waals surface area contributed by atoms with E-state index in [1.54, 1.807) is 13.3 Å². The van der Waals surface area contributed by atoms with Gasteiger partial charge in [-0.1, -0.05) is 0 Å². The molecule has 3 N–H and O–H groups in total. The molecular weight excluding hydrogens is 260 g/mol. The van der Waals surface area contributed by atoms with Crippen molar-refractivity contribution in [3.05, 3.63) is 17.7 Å². The van der Waals surface area contributed by atoms with Crippen LogP contribution in [0.3, 0.4) is 0 Å². The van der Waals surface area contributed by atoms with Gasteiger partial charge >= 0.3 is 5.97 Å². The number of H-pyrrole nitrogens is 1. The Bertz CT molecular complexity index is 472. The van der Waals surface area contributed by atoms with Crippen molar-refractivity contribution < 1.29 is 14.3 Å². The van der Waals surface area contributed by atoms with Gasteiger partial charge < -0.3 is 15.0 Å². The van der Waals surface area contributed by atoms with Crippen molar-refractivity contribution >= 4 is 11.9 Å². The summed E-state index contributed by atoms with van der Waals surface area (Å²) in [5.41, 5.74) is 1.98. The monoisotopic (exact) mass is 280 g/mol. The zero-order valence-electron chi connectivity index (χ0n) is 11.6. The van der Waals surface area contributed by atoms with E-state index >= 15 is 0 Å². The van der Waals surface area contributed by atoms with Crippen molar-refractivity contribution in [2.75, 3.05) is 13.2 Å². The molecule has 1 amide bonds. The average molecular weight is 280 g/mol. The SMILES string of the molecule is CCOC(=O)CCCNC(=O)C1Cc2nc[nH]c2CN1. The van der Waals surface area contributed by atoms with Crippen LogP contribution in [0.4, 0.5) is 0 Å². The second-order valence-electron chi connectivity index (χ2n) is 4.66. The van der Waals surface area contributed by atoms with Gasteiger partial charge in [0.15, 0.2) is 0 Å². The molecule has 2 rings (SSSR count). The van der Waals surface area contributed by atoms with E-state index in [-0.39, 0.29) is 17.9 Å². The van der Waals surface area contributed by atoms with Crippen LogP contribution in [-0.2, 0) is 27.3 Å². The van der Waals surface area contributed by atoms with Gasteiger partial charge in [0.2, 0.25) is 5.91 Å². The molecule has 0 saturated carbocycles. The number of amides is 1. The molecule has 0 spiro atoms. The number of fused-ring (bicyclic) bond motifs is 1. The highest BCUT2D eigenvalue weighted by Gasteiger charge is 2.25. The maximum absolute atomic E-state index is 12.0. The van der Waals surface area contributed by atoms with Gasteiger partial charge in [0.1, 0.15) is 0 Å². The summed E-state index contributed by atoms with van der Waals surface area (Å²) in [7, 11) is 0. The maximum atomic E-state index is 12.0. The molecule has 0 radical (unpaired) electrons. The van der Waals surface area contributed by atoms with Gasteiger partial charge in [-0.15, -0.1) is 0 Å². The molecule has 110 valence electrons. The number of ether oxygens (including phenoxy) is 1. The van der Waals surface area contributed by atoms with Gasteiger partial charge in [0.05, 0.1) is 30.4 Å². The Balaban J connectivity index is 1.67. The predicted molar refractivity (Wildman–Crippen MR) is 71.8 cm³/mol. The molecule has 20 heavy (non-hydrogen) atoms. The predicted octanol–water partition coefficient (Wildman–Crippen LogP) is -0.116. The summed E-state index contributed by atoms with van der Waals surface area (Å²) < 4.78 is 4.82. The number of aromatic nitrogens is 2. The quantitative estimate of drug-likeness (QED) is 0.499. The number of carbonyl (C=O) groups is 2. The van der Waals surface area contributed by atoms with Gasteiger partial charge in [-0.3, -0.25) is 14.9 Å². The number of hydrogen-bond donors (Lipinski definition) is 3. The highest BCUT2D eigenvalue weighted by Crippen LogP contribution is 2.11. The smallest absolute Gasteiger partial charge is 0.305 e. The molecular formula is C13H20N4O3. The van der Waals surface area contributed by atoms with Crippen molar-refractivity contribution in [2.24, 2.45) is 0 Å². The average Bonchev–Trinajstić information content (AvgIpc) is 2.91. The van der Waals surface area contributed by atoms with Crippen molar-refractivity contribution in [3.63, 3.8) is 0 Å². The molecule has 2 heterocycles. The Labute approximate surface area is 117 Å². The minimum Gasteiger partial charge on any atom is -0.466 e. The fourth-order valence-corrected chi connectivity index (χ4v) is 2.16. The van der Waals surface area contributed by atoms with E-state index in [0.29, 0.717) is 39.0 Å². The topological polar surface area (TPSA) is 96.1 Å². The van der Waals surface area contributed by atoms with Crippen LogP contribution in [0.25, 0.3) is 0 Å². The standard InChI is InChI=1S/C13H20N4O3/c1-2-20-12(18)4-3-5-14-13(19)10-6-9-11(7-15-10)17-8-16-9/h8,10,15H,2-7H2,1H3,(H,14,19)(H,16,17). The third-order valence-electron chi connectivity index (χ3n) is 3.21. The minimum atomic E-state index is -0.256. The fraction of sp³-hybridized carbons (Fsp3) is 0.615. The first-order chi connectivity index (χ1) is 9.70. The third kappa shape index (κ3) is 3.80. The molecule has 1 aromatic heterocycles. The Hall–Kier alpha value is -1.89. The van der Waals surface area contributed by atoms with Crippen LogP contribution in [0.5, 0.6) is 0 Å². The van der Waals surface area contributed by atoms with E-state index < -0.39 is 0 Å². The lowest BCUT2D eigenvalue weighted by atomic mass is 10.0. The summed E-state index contributed by atoms with van der Waals surface area (Å²) in [5, 5.41) is 5.98. The molecule has 0 bridgehead atoms. The summed E-state index contributed by atoms with van der Waals surface area (Å²) in [4.78, 5) is 30.3. The van der Waals surface area contributed by atoms with Crippen molar-refractivity contribution in [1.82, 2.24) is 20.6 Å². The van der Waals surface area contributed by atoms with E-state index in [4.69, 9.17) is 4.74 Å². The highest BCUT2D eigenvalue weighted by molar-refractivity contribution is 5.82. The van der Waals surface area contributed by atoms with Crippen LogP contribution >= 0.6 is 0 Å². The molecule has 0 saturated heterocycles. The van der Waals surface area contributed by atoms with E-state index in [0.717, 1.165) is 11.4 Å². The Kier molecular flexibility index (Phi) is 5.11. The van der Waals surface area contributed by atoms with E-state index in [1.807, 2.05) is 0 Å². The number of esters is 1. The summed E-state index contributed by atoms with van der Waals surface area (Å²) >= 11 is 0. The summed E-state index contributed by atoms with van der Waals surface area (Å²) in [6.45, 7) is 3.26. The third-order valence-corrected chi connectivity index (χ3v) is 3.21. The fourth-order valence-electron chi connectivity index (χ4n) is 2.16. The largest absolute Gasteiger partial charge is 0.466 e. The molecule has 0 aromatic carbocycles. The number of hydrogen-bond acceptors (Lipinski definition) is 5. The van der Waals surface area contributed by atoms with Crippen LogP contribution < -0.4 is 10.6 Å². The molecule has 1 atom stereocenters. The molecule has 7 nitrogen and oxygen atoms in total. The Morgan fingerprint density at radius 3 is 3.20 bits per heavy atom. The highest BCUT2D eigenvalue weighted by atomic mass is 16.5. The minimum absolute atomic E-state index is 0.0532. The zero-order chi connectivity index (χ0) is 14.4. The van der Waals surface area contributed by atoms with Gasteiger partial charge in [-0.2, -0.15) is 0 Å². The number of carbonyl (C=O) groups excluding carboxylic acids is 2. The first-order valence-electron chi connectivity index (χ1n) is 6.88. The van der Waals surface area contributed by atoms with Crippen molar-refractivity contribution in [3.8, 4) is 0 Å². The van der Waals surface area contributed by atoms with Crippen molar-refractivity contribution in [1.29, 1.82) is 0 Å². The van der Waals surface area contributed by atoms with Gasteiger partial charge in [0, 0.05) is 25.9 Å². The van der Waals surface area contributed by atoms with Crippen LogP contribution in [0, 0.1) is 0 Å². The van der Waals surface area contributed by atoms with Crippen LogP contribution in [0.2, 0.25) is 0 Å². The van der Waals surface area contributed by atoms with Crippen molar-refractivity contribution in [2.45, 2.75) is 38.8 Å². The zero-order valence-corrected chi connectivity index (χ0v) is 11.6. The lowest BCUT2D eigenvalue weighted by Gasteiger charge is -2.22. The number of nitrogens with zero attached hydrogens (tertiary/aromatic N) is 1. The Morgan fingerprint density at radius 2 is 2.40 bits per heavy atom. The molecule has 1 aliphatic rings. The van der Waals surface area contributed by atoms with Gasteiger partial charge in [-0.25, -0.2) is 4.98 Å². The lowest BCUT2D eigenvalue weighted by molar-refractivity contribution is -0.143. The molecule has 0 aliphatic carbocycles. The van der Waals surface area contributed by atoms with Crippen LogP contribution in [0.1, 0.15) is 31.2 Å². The van der Waals surface area contributed by atoms with Gasteiger partial charge in [-0.05, 0) is 13.3 Å². The summed E-state index contributed by atoms with van der Waals surface area (Å²) in [5.74, 6) is -0.277. The molecule has 1 unspecified atom stereocenters. The molecule has 1 aliphatic heterocycles. The number of nitrogens with one attached hydrogen (secondary N) is 3.